The van der Waals surface area contributed by atoms with E-state index in [2.05, 4.69) is 10.6 Å². The van der Waals surface area contributed by atoms with Gasteiger partial charge in [-0.25, -0.2) is 9.59 Å². The van der Waals surface area contributed by atoms with Gasteiger partial charge in [-0.3, -0.25) is 14.5 Å². The lowest BCUT2D eigenvalue weighted by Gasteiger charge is -2.55. The Kier molecular flexibility index (Phi) is 4.60. The summed E-state index contributed by atoms with van der Waals surface area (Å²) in [5, 5.41) is 5.34. The molecule has 4 amide bonds. The van der Waals surface area contributed by atoms with Gasteiger partial charge < -0.3 is 15.4 Å². The Balaban J connectivity index is 1.29. The number of hydrogen-bond donors (Lipinski definition) is 2. The van der Waals surface area contributed by atoms with Crippen molar-refractivity contribution in [2.75, 3.05) is 19.7 Å². The van der Waals surface area contributed by atoms with Gasteiger partial charge >= 0.3 is 12.0 Å². The van der Waals surface area contributed by atoms with E-state index in [1.54, 1.807) is 6.92 Å². The van der Waals surface area contributed by atoms with Crippen molar-refractivity contribution in [2.24, 2.45) is 23.2 Å². The van der Waals surface area contributed by atoms with Gasteiger partial charge in [0.05, 0.1) is 0 Å². The molecule has 4 bridgehead atoms. The highest BCUT2D eigenvalue weighted by Gasteiger charge is 2.54. The van der Waals surface area contributed by atoms with Crippen molar-refractivity contribution in [3.63, 3.8) is 0 Å². The third-order valence-electron chi connectivity index (χ3n) is 6.72. The molecule has 0 aromatic rings. The molecule has 0 spiro atoms. The van der Waals surface area contributed by atoms with E-state index in [1.807, 2.05) is 0 Å². The minimum Gasteiger partial charge on any atom is -0.454 e. The van der Waals surface area contributed by atoms with Crippen LogP contribution in [0, 0.1) is 23.2 Å². The Labute approximate surface area is 158 Å². The summed E-state index contributed by atoms with van der Waals surface area (Å²) in [6.45, 7) is 1.75. The summed E-state index contributed by atoms with van der Waals surface area (Å²) in [6.07, 6.45) is 6.52. The van der Waals surface area contributed by atoms with Gasteiger partial charge in [-0.1, -0.05) is 0 Å². The fraction of sp³-hybridized carbons (Fsp3) is 0.789. The normalized spacial score (nSPS) is 34.9. The van der Waals surface area contributed by atoms with Crippen LogP contribution in [0.2, 0.25) is 0 Å². The molecular formula is C19H27N3O5. The molecule has 1 aliphatic heterocycles. The van der Waals surface area contributed by atoms with Gasteiger partial charge in [-0.2, -0.15) is 0 Å². The predicted octanol–water partition coefficient (Wildman–Crippen LogP) is 0.803. The Morgan fingerprint density at radius 2 is 1.78 bits per heavy atom. The Morgan fingerprint density at radius 3 is 2.30 bits per heavy atom. The minimum absolute atomic E-state index is 0.0451. The highest BCUT2D eigenvalue weighted by molar-refractivity contribution is 5.97. The van der Waals surface area contributed by atoms with Crippen LogP contribution in [0.1, 0.15) is 45.4 Å². The zero-order valence-electron chi connectivity index (χ0n) is 15.7. The van der Waals surface area contributed by atoms with Crippen LogP contribution in [-0.4, -0.2) is 54.5 Å². The summed E-state index contributed by atoms with van der Waals surface area (Å²) in [4.78, 5) is 49.5. The number of nitrogens with zero attached hydrogens (tertiary/aromatic N) is 1. The average Bonchev–Trinajstić information content (AvgIpc) is 3.04. The summed E-state index contributed by atoms with van der Waals surface area (Å²) >= 11 is 0. The van der Waals surface area contributed by atoms with E-state index in [9.17, 15) is 19.2 Å². The third kappa shape index (κ3) is 3.41. The highest BCUT2D eigenvalue weighted by Crippen LogP contribution is 2.60. The molecule has 1 heterocycles. The van der Waals surface area contributed by atoms with Gasteiger partial charge in [0.25, 0.3) is 5.91 Å². The minimum atomic E-state index is -0.814. The van der Waals surface area contributed by atoms with E-state index in [-0.39, 0.29) is 17.9 Å². The molecule has 4 saturated carbocycles. The second kappa shape index (κ2) is 6.80. The van der Waals surface area contributed by atoms with Crippen LogP contribution in [0.25, 0.3) is 0 Å². The van der Waals surface area contributed by atoms with Crippen molar-refractivity contribution in [2.45, 2.75) is 51.5 Å². The molecular weight excluding hydrogens is 350 g/mol. The molecule has 8 heteroatoms. The van der Waals surface area contributed by atoms with E-state index in [0.29, 0.717) is 24.3 Å². The molecule has 1 saturated heterocycles. The molecule has 0 aromatic heterocycles. The molecule has 5 rings (SSSR count). The number of ether oxygens (including phenoxy) is 1. The SMILES string of the molecule is C[C@H](NC(=O)C12CC3CC(CC(C3)C1)C2)C(=O)OCC(=O)N1CCNC1=O. The standard InChI is InChI=1S/C19H27N3O5/c1-11(16(24)27-10-15(23)22-3-2-20-18(22)26)21-17(25)19-7-12-4-13(8-19)6-14(5-12)9-19/h11-14H,2-10H2,1H3,(H,20,26)(H,21,25)/t11-,12?,13?,14?,19?/m0/s1. The molecule has 8 nitrogen and oxygen atoms in total. The van der Waals surface area contributed by atoms with E-state index in [4.69, 9.17) is 4.74 Å². The number of imide groups is 1. The topological polar surface area (TPSA) is 105 Å². The fourth-order valence-electron chi connectivity index (χ4n) is 5.84. The van der Waals surface area contributed by atoms with Crippen LogP contribution < -0.4 is 10.6 Å². The van der Waals surface area contributed by atoms with E-state index < -0.39 is 30.6 Å². The number of hydrogen-bond acceptors (Lipinski definition) is 5. The van der Waals surface area contributed by atoms with Crippen molar-refractivity contribution < 1.29 is 23.9 Å². The lowest BCUT2D eigenvalue weighted by Crippen LogP contribution is -2.56. The number of carbonyl (C=O) groups is 4. The monoisotopic (exact) mass is 377 g/mol. The smallest absolute Gasteiger partial charge is 0.328 e. The zero-order valence-corrected chi connectivity index (χ0v) is 15.7. The van der Waals surface area contributed by atoms with E-state index in [1.165, 1.54) is 19.3 Å². The van der Waals surface area contributed by atoms with Crippen molar-refractivity contribution in [3.8, 4) is 0 Å². The molecule has 5 aliphatic rings. The van der Waals surface area contributed by atoms with Crippen LogP contribution in [0.3, 0.4) is 0 Å². The molecule has 0 radical (unpaired) electrons. The van der Waals surface area contributed by atoms with Gasteiger partial charge in [0.15, 0.2) is 6.61 Å². The summed E-state index contributed by atoms with van der Waals surface area (Å²) in [7, 11) is 0. The molecule has 1 atom stereocenters. The van der Waals surface area contributed by atoms with Crippen LogP contribution in [0.5, 0.6) is 0 Å². The summed E-state index contributed by atoms with van der Waals surface area (Å²) in [6, 6.07) is -1.29. The molecule has 0 unspecified atom stereocenters. The molecule has 148 valence electrons. The maximum Gasteiger partial charge on any atom is 0.328 e. The second-order valence-electron chi connectivity index (χ2n) is 8.78. The molecule has 27 heavy (non-hydrogen) atoms. The van der Waals surface area contributed by atoms with Crippen LogP contribution in [0.15, 0.2) is 0 Å². The number of amides is 4. The number of urea groups is 1. The first-order valence-electron chi connectivity index (χ1n) is 9.92. The first-order chi connectivity index (χ1) is 12.9. The largest absolute Gasteiger partial charge is 0.454 e. The summed E-state index contributed by atoms with van der Waals surface area (Å²) in [5.41, 5.74) is -0.327. The van der Waals surface area contributed by atoms with Crippen molar-refractivity contribution in [1.82, 2.24) is 15.5 Å². The average molecular weight is 377 g/mol. The highest BCUT2D eigenvalue weighted by atomic mass is 16.5. The molecule has 4 aliphatic carbocycles. The fourth-order valence-corrected chi connectivity index (χ4v) is 5.84. The first kappa shape index (κ1) is 18.3. The summed E-state index contributed by atoms with van der Waals surface area (Å²) < 4.78 is 5.02. The molecule has 2 N–H and O–H groups in total. The van der Waals surface area contributed by atoms with Gasteiger partial charge in [0.2, 0.25) is 5.91 Å². The number of esters is 1. The maximum absolute atomic E-state index is 13.0. The predicted molar refractivity (Wildman–Crippen MR) is 94.3 cm³/mol. The Morgan fingerprint density at radius 1 is 1.19 bits per heavy atom. The lowest BCUT2D eigenvalue weighted by atomic mass is 9.49. The zero-order chi connectivity index (χ0) is 19.2. The Bertz CT molecular complexity index is 641. The van der Waals surface area contributed by atoms with Crippen molar-refractivity contribution >= 4 is 23.8 Å². The van der Waals surface area contributed by atoms with Crippen molar-refractivity contribution in [1.29, 1.82) is 0 Å². The third-order valence-corrected chi connectivity index (χ3v) is 6.72. The molecule has 0 aromatic carbocycles. The first-order valence-corrected chi connectivity index (χ1v) is 9.92. The maximum atomic E-state index is 13.0. The lowest BCUT2D eigenvalue weighted by molar-refractivity contribution is -0.156. The Hall–Kier alpha value is -2.12. The number of nitrogens with one attached hydrogen (secondary N) is 2. The summed E-state index contributed by atoms with van der Waals surface area (Å²) in [5.74, 6) is 0.686. The van der Waals surface area contributed by atoms with Gasteiger partial charge in [-0.05, 0) is 63.2 Å². The van der Waals surface area contributed by atoms with Crippen LogP contribution in [0.4, 0.5) is 4.79 Å². The van der Waals surface area contributed by atoms with Crippen LogP contribution >= 0.6 is 0 Å². The number of rotatable bonds is 5. The molecule has 5 fully saturated rings. The van der Waals surface area contributed by atoms with Gasteiger partial charge in [-0.15, -0.1) is 0 Å². The van der Waals surface area contributed by atoms with Gasteiger partial charge in [0.1, 0.15) is 6.04 Å². The van der Waals surface area contributed by atoms with Crippen molar-refractivity contribution in [3.05, 3.63) is 0 Å². The number of carbonyl (C=O) groups excluding carboxylic acids is 4. The van der Waals surface area contributed by atoms with Crippen LogP contribution in [-0.2, 0) is 19.1 Å². The second-order valence-corrected chi connectivity index (χ2v) is 8.78. The van der Waals surface area contributed by atoms with E-state index >= 15 is 0 Å². The van der Waals surface area contributed by atoms with E-state index in [0.717, 1.165) is 24.2 Å². The van der Waals surface area contributed by atoms with Gasteiger partial charge in [0, 0.05) is 18.5 Å². The quantitative estimate of drug-likeness (QED) is 0.690.